The van der Waals surface area contributed by atoms with Gasteiger partial charge >= 0.3 is 0 Å². The molecule has 0 saturated heterocycles. The molecule has 0 radical (unpaired) electrons. The van der Waals surface area contributed by atoms with Gasteiger partial charge in [0.2, 0.25) is 0 Å². The quantitative estimate of drug-likeness (QED) is 0.604. The van der Waals surface area contributed by atoms with E-state index >= 15 is 0 Å². The summed E-state index contributed by atoms with van der Waals surface area (Å²) in [6.07, 6.45) is 0.765. The SMILES string of the molecule is CCC(Nc1cc(F)cc([N+](=O)[O-])c1)c1cccc(Br)c1. The molecule has 0 spiro atoms. The minimum atomic E-state index is -0.629. The van der Waals surface area contributed by atoms with Crippen LogP contribution < -0.4 is 5.32 Å². The van der Waals surface area contributed by atoms with E-state index in [-0.39, 0.29) is 11.7 Å². The van der Waals surface area contributed by atoms with Gasteiger partial charge in [-0.3, -0.25) is 10.1 Å². The lowest BCUT2D eigenvalue weighted by molar-refractivity contribution is -0.385. The largest absolute Gasteiger partial charge is 0.378 e. The van der Waals surface area contributed by atoms with Crippen LogP contribution >= 0.6 is 15.9 Å². The molecule has 2 rings (SSSR count). The number of benzene rings is 2. The predicted octanol–water partition coefficient (Wildman–Crippen LogP) is 5.06. The molecule has 0 fully saturated rings. The van der Waals surface area contributed by atoms with Gasteiger partial charge in [-0.25, -0.2) is 4.39 Å². The second-order valence-electron chi connectivity index (χ2n) is 4.62. The first-order valence-corrected chi connectivity index (χ1v) is 7.26. The average molecular weight is 353 g/mol. The molecule has 2 aromatic carbocycles. The maximum Gasteiger partial charge on any atom is 0.274 e. The number of nitrogens with zero attached hydrogens (tertiary/aromatic N) is 1. The summed E-state index contributed by atoms with van der Waals surface area (Å²) in [6, 6.07) is 11.2. The highest BCUT2D eigenvalue weighted by Crippen LogP contribution is 2.27. The molecular weight excluding hydrogens is 339 g/mol. The molecule has 0 aliphatic heterocycles. The Hall–Kier alpha value is -1.95. The molecule has 1 atom stereocenters. The molecular formula is C15H14BrFN2O2. The van der Waals surface area contributed by atoms with Crippen LogP contribution in [0.3, 0.4) is 0 Å². The molecule has 1 N–H and O–H groups in total. The van der Waals surface area contributed by atoms with Gasteiger partial charge in [-0.1, -0.05) is 35.0 Å². The number of anilines is 1. The summed E-state index contributed by atoms with van der Waals surface area (Å²) in [5, 5.41) is 13.9. The van der Waals surface area contributed by atoms with Crippen molar-refractivity contribution in [2.45, 2.75) is 19.4 Å². The van der Waals surface area contributed by atoms with Crippen LogP contribution in [0.2, 0.25) is 0 Å². The minimum Gasteiger partial charge on any atom is -0.378 e. The van der Waals surface area contributed by atoms with E-state index in [0.717, 1.165) is 22.5 Å². The van der Waals surface area contributed by atoms with Gasteiger partial charge in [0.25, 0.3) is 5.69 Å². The fraction of sp³-hybridized carbons (Fsp3) is 0.200. The normalized spacial score (nSPS) is 12.0. The van der Waals surface area contributed by atoms with E-state index in [1.165, 1.54) is 12.1 Å². The summed E-state index contributed by atoms with van der Waals surface area (Å²) >= 11 is 3.41. The summed E-state index contributed by atoms with van der Waals surface area (Å²) in [4.78, 5) is 10.2. The highest BCUT2D eigenvalue weighted by molar-refractivity contribution is 9.10. The predicted molar refractivity (Wildman–Crippen MR) is 83.9 cm³/mol. The van der Waals surface area contributed by atoms with Crippen LogP contribution in [0.15, 0.2) is 46.9 Å². The number of rotatable bonds is 5. The third kappa shape index (κ3) is 4.01. The second-order valence-corrected chi connectivity index (χ2v) is 5.53. The molecule has 2 aromatic rings. The standard InChI is InChI=1S/C15H14BrFN2O2/c1-2-15(10-4-3-5-11(16)6-10)18-13-7-12(17)8-14(9-13)19(20)21/h3-9,15,18H,2H2,1H3. The molecule has 0 aliphatic carbocycles. The Labute approximate surface area is 130 Å². The third-order valence-corrected chi connectivity index (χ3v) is 3.59. The Balaban J connectivity index is 2.28. The Morgan fingerprint density at radius 2 is 2.10 bits per heavy atom. The van der Waals surface area contributed by atoms with Gasteiger partial charge in [0.05, 0.1) is 17.0 Å². The molecule has 21 heavy (non-hydrogen) atoms. The second kappa shape index (κ2) is 6.67. The molecule has 0 aromatic heterocycles. The zero-order valence-electron chi connectivity index (χ0n) is 11.3. The van der Waals surface area contributed by atoms with Crippen molar-refractivity contribution in [2.75, 3.05) is 5.32 Å². The molecule has 110 valence electrons. The van der Waals surface area contributed by atoms with Gasteiger partial charge in [0, 0.05) is 16.2 Å². The lowest BCUT2D eigenvalue weighted by Crippen LogP contribution is -2.10. The Bertz CT molecular complexity index is 664. The Kier molecular flexibility index (Phi) is 4.90. The summed E-state index contributed by atoms with van der Waals surface area (Å²) in [5.41, 5.74) is 1.16. The number of nitrogens with one attached hydrogen (secondary N) is 1. The highest BCUT2D eigenvalue weighted by atomic mass is 79.9. The number of nitro benzene ring substituents is 1. The molecule has 0 saturated carbocycles. The van der Waals surface area contributed by atoms with E-state index in [1.807, 2.05) is 31.2 Å². The maximum atomic E-state index is 13.5. The Morgan fingerprint density at radius 3 is 2.71 bits per heavy atom. The van der Waals surface area contributed by atoms with Crippen LogP contribution in [-0.2, 0) is 0 Å². The lowest BCUT2D eigenvalue weighted by Gasteiger charge is -2.19. The fourth-order valence-corrected chi connectivity index (χ4v) is 2.53. The summed E-state index contributed by atoms with van der Waals surface area (Å²) < 4.78 is 14.4. The van der Waals surface area contributed by atoms with E-state index in [4.69, 9.17) is 0 Å². The first-order chi connectivity index (χ1) is 9.99. The number of halogens is 2. The number of nitro groups is 1. The number of hydrogen-bond acceptors (Lipinski definition) is 3. The van der Waals surface area contributed by atoms with Crippen LogP contribution in [0.1, 0.15) is 24.9 Å². The topological polar surface area (TPSA) is 55.2 Å². The van der Waals surface area contributed by atoms with E-state index in [1.54, 1.807) is 0 Å². The smallest absolute Gasteiger partial charge is 0.274 e. The highest BCUT2D eigenvalue weighted by Gasteiger charge is 2.14. The molecule has 0 aliphatic rings. The minimum absolute atomic E-state index is 0.0519. The lowest BCUT2D eigenvalue weighted by atomic mass is 10.0. The van der Waals surface area contributed by atoms with Gasteiger partial charge in [-0.2, -0.15) is 0 Å². The van der Waals surface area contributed by atoms with Crippen LogP contribution in [0.4, 0.5) is 15.8 Å². The van der Waals surface area contributed by atoms with Crippen LogP contribution in [-0.4, -0.2) is 4.92 Å². The van der Waals surface area contributed by atoms with Crippen molar-refractivity contribution in [2.24, 2.45) is 0 Å². The van der Waals surface area contributed by atoms with Crippen molar-refractivity contribution in [3.8, 4) is 0 Å². The van der Waals surface area contributed by atoms with Gasteiger partial charge < -0.3 is 5.32 Å². The first kappa shape index (κ1) is 15.4. The first-order valence-electron chi connectivity index (χ1n) is 6.46. The van der Waals surface area contributed by atoms with Crippen LogP contribution in [0.5, 0.6) is 0 Å². The van der Waals surface area contributed by atoms with Crippen molar-refractivity contribution in [1.29, 1.82) is 0 Å². The maximum absolute atomic E-state index is 13.5. The van der Waals surface area contributed by atoms with E-state index in [9.17, 15) is 14.5 Å². The van der Waals surface area contributed by atoms with Gasteiger partial charge in [0.1, 0.15) is 5.82 Å². The van der Waals surface area contributed by atoms with Crippen molar-refractivity contribution >= 4 is 27.3 Å². The van der Waals surface area contributed by atoms with Crippen LogP contribution in [0.25, 0.3) is 0 Å². The number of hydrogen-bond donors (Lipinski definition) is 1. The van der Waals surface area contributed by atoms with E-state index in [2.05, 4.69) is 21.2 Å². The molecule has 1 unspecified atom stereocenters. The van der Waals surface area contributed by atoms with Crippen molar-refractivity contribution in [3.63, 3.8) is 0 Å². The third-order valence-electron chi connectivity index (χ3n) is 3.09. The average Bonchev–Trinajstić information content (AvgIpc) is 2.44. The van der Waals surface area contributed by atoms with E-state index < -0.39 is 10.7 Å². The Morgan fingerprint density at radius 1 is 1.33 bits per heavy atom. The summed E-state index contributed by atoms with van der Waals surface area (Å²) in [5.74, 6) is -0.629. The molecule has 4 nitrogen and oxygen atoms in total. The van der Waals surface area contributed by atoms with Gasteiger partial charge in [0.15, 0.2) is 0 Å². The summed E-state index contributed by atoms with van der Waals surface area (Å²) in [7, 11) is 0. The molecule has 0 bridgehead atoms. The van der Waals surface area contributed by atoms with Crippen LogP contribution in [0, 0.1) is 15.9 Å². The fourth-order valence-electron chi connectivity index (χ4n) is 2.11. The monoisotopic (exact) mass is 352 g/mol. The van der Waals surface area contributed by atoms with Crippen molar-refractivity contribution in [3.05, 3.63) is 68.4 Å². The van der Waals surface area contributed by atoms with Crippen molar-refractivity contribution < 1.29 is 9.31 Å². The number of non-ortho nitro benzene ring substituents is 1. The zero-order valence-corrected chi connectivity index (χ0v) is 12.9. The molecule has 0 heterocycles. The molecule has 6 heteroatoms. The zero-order chi connectivity index (χ0) is 15.4. The van der Waals surface area contributed by atoms with Crippen molar-refractivity contribution in [1.82, 2.24) is 0 Å². The van der Waals surface area contributed by atoms with Gasteiger partial charge in [-0.05, 0) is 30.2 Å². The molecule has 0 amide bonds. The van der Waals surface area contributed by atoms with E-state index in [0.29, 0.717) is 5.69 Å². The summed E-state index contributed by atoms with van der Waals surface area (Å²) in [6.45, 7) is 1.99. The van der Waals surface area contributed by atoms with Gasteiger partial charge in [-0.15, -0.1) is 0 Å².